The van der Waals surface area contributed by atoms with E-state index in [1.54, 1.807) is 0 Å². The molecule has 59 heavy (non-hydrogen) atoms. The Hall–Kier alpha value is -2.63. The first-order valence-electron chi connectivity index (χ1n) is 25.1. The molecule has 342 valence electrons. The molecule has 0 bridgehead atoms. The average molecular weight is 827 g/mol. The zero-order chi connectivity index (χ0) is 43.0. The summed E-state index contributed by atoms with van der Waals surface area (Å²) in [6, 6.07) is 0. The maximum atomic E-state index is 12.7. The molecule has 0 aliphatic heterocycles. The maximum Gasteiger partial charge on any atom is 0.306 e. The molecule has 0 aromatic carbocycles. The number of allylic oxidation sites excluding steroid dienone is 8. The average Bonchev–Trinajstić information content (AvgIpc) is 3.23. The van der Waals surface area contributed by atoms with E-state index >= 15 is 0 Å². The summed E-state index contributed by atoms with van der Waals surface area (Å²) in [7, 11) is 0. The van der Waals surface area contributed by atoms with Gasteiger partial charge in [0.2, 0.25) is 0 Å². The van der Waals surface area contributed by atoms with E-state index in [0.29, 0.717) is 19.3 Å². The molecule has 0 amide bonds. The number of carbonyl (C=O) groups excluding carboxylic acids is 3. The molecule has 0 fully saturated rings. The summed E-state index contributed by atoms with van der Waals surface area (Å²) in [5, 5.41) is 0. The Morgan fingerprint density at radius 3 is 1.00 bits per heavy atom. The zero-order valence-electron chi connectivity index (χ0n) is 39.0. The molecule has 0 aromatic heterocycles. The lowest BCUT2D eigenvalue weighted by molar-refractivity contribution is -0.167. The summed E-state index contributed by atoms with van der Waals surface area (Å²) in [5.74, 6) is -0.902. The van der Waals surface area contributed by atoms with Crippen LogP contribution in [0.1, 0.15) is 252 Å². The summed E-state index contributed by atoms with van der Waals surface area (Å²) in [6.07, 6.45) is 56.6. The van der Waals surface area contributed by atoms with Crippen molar-refractivity contribution in [2.45, 2.75) is 258 Å². The molecule has 0 spiro atoms. The second-order valence-corrected chi connectivity index (χ2v) is 16.7. The molecule has 0 rings (SSSR count). The smallest absolute Gasteiger partial charge is 0.306 e. The molecule has 1 unspecified atom stereocenters. The van der Waals surface area contributed by atoms with Crippen LogP contribution in [0.25, 0.3) is 0 Å². The molecule has 1 atom stereocenters. The summed E-state index contributed by atoms with van der Waals surface area (Å²) < 4.78 is 16.7. The van der Waals surface area contributed by atoms with Crippen molar-refractivity contribution < 1.29 is 28.6 Å². The van der Waals surface area contributed by atoms with Gasteiger partial charge in [-0.2, -0.15) is 0 Å². The van der Waals surface area contributed by atoms with Gasteiger partial charge in [-0.25, -0.2) is 0 Å². The third-order valence-corrected chi connectivity index (χ3v) is 10.8. The normalized spacial score (nSPS) is 12.4. The van der Waals surface area contributed by atoms with Crippen LogP contribution in [0.5, 0.6) is 0 Å². The van der Waals surface area contributed by atoms with Crippen LogP contribution in [0, 0.1) is 0 Å². The van der Waals surface area contributed by atoms with Gasteiger partial charge in [-0.3, -0.25) is 14.4 Å². The van der Waals surface area contributed by atoms with E-state index in [-0.39, 0.29) is 31.1 Å². The first-order valence-corrected chi connectivity index (χ1v) is 25.1. The predicted molar refractivity (Wildman–Crippen MR) is 252 cm³/mol. The maximum absolute atomic E-state index is 12.7. The van der Waals surface area contributed by atoms with Crippen molar-refractivity contribution in [3.05, 3.63) is 48.6 Å². The molecule has 0 N–H and O–H groups in total. The number of esters is 3. The molecule has 0 saturated heterocycles. The standard InChI is InChI=1S/C53H94O6/c1-4-7-10-13-16-19-22-23-24-25-26-27-28-29-32-34-37-40-43-46-52(55)58-49-50(59-53(56)47-44-41-38-35-31-21-18-15-12-9-6-3)48-57-51(54)45-42-39-36-33-30-20-17-14-11-8-5-2/h14-19,23-24,50H,4-13,20-22,25-49H2,1-3H3/b17-14-,18-15-,19-16-,24-23-. The van der Waals surface area contributed by atoms with Gasteiger partial charge in [0.1, 0.15) is 13.2 Å². The topological polar surface area (TPSA) is 78.9 Å². The fourth-order valence-electron chi connectivity index (χ4n) is 6.90. The van der Waals surface area contributed by atoms with Crippen LogP contribution in [0.3, 0.4) is 0 Å². The van der Waals surface area contributed by atoms with Crippen LogP contribution in [-0.2, 0) is 28.6 Å². The SMILES string of the molecule is CCCC/C=C\CCCCCCCC(=O)OCC(COC(=O)CCCCCCCCCCC/C=C\C/C=C\CCCCC)OC(=O)CCCCCCC/C=C\CCCC. The van der Waals surface area contributed by atoms with Crippen LogP contribution < -0.4 is 0 Å². The summed E-state index contributed by atoms with van der Waals surface area (Å²) in [6.45, 7) is 6.52. The van der Waals surface area contributed by atoms with Crippen LogP contribution in [0.2, 0.25) is 0 Å². The second kappa shape index (κ2) is 48.0. The Labute approximate surface area is 365 Å². The summed E-state index contributed by atoms with van der Waals surface area (Å²) >= 11 is 0. The number of rotatable bonds is 45. The minimum atomic E-state index is -0.779. The lowest BCUT2D eigenvalue weighted by Crippen LogP contribution is -2.30. The van der Waals surface area contributed by atoms with E-state index in [4.69, 9.17) is 14.2 Å². The van der Waals surface area contributed by atoms with Gasteiger partial charge in [0.25, 0.3) is 0 Å². The van der Waals surface area contributed by atoms with E-state index in [1.807, 2.05) is 0 Å². The van der Waals surface area contributed by atoms with Crippen molar-refractivity contribution in [2.24, 2.45) is 0 Å². The van der Waals surface area contributed by atoms with Crippen molar-refractivity contribution in [2.75, 3.05) is 13.2 Å². The van der Waals surface area contributed by atoms with Crippen molar-refractivity contribution in [3.63, 3.8) is 0 Å². The van der Waals surface area contributed by atoms with E-state index < -0.39 is 6.10 Å². The zero-order valence-corrected chi connectivity index (χ0v) is 39.0. The van der Waals surface area contributed by atoms with E-state index in [9.17, 15) is 14.4 Å². The number of unbranched alkanes of at least 4 members (excludes halogenated alkanes) is 26. The van der Waals surface area contributed by atoms with Gasteiger partial charge in [-0.1, -0.05) is 191 Å². The minimum absolute atomic E-state index is 0.0809. The molecule has 6 heteroatoms. The Kier molecular flexibility index (Phi) is 45.9. The van der Waals surface area contributed by atoms with Gasteiger partial charge in [0.05, 0.1) is 0 Å². The summed E-state index contributed by atoms with van der Waals surface area (Å²) in [4.78, 5) is 37.8. The highest BCUT2D eigenvalue weighted by atomic mass is 16.6. The van der Waals surface area contributed by atoms with Gasteiger partial charge < -0.3 is 14.2 Å². The van der Waals surface area contributed by atoms with Gasteiger partial charge in [0.15, 0.2) is 6.10 Å². The second-order valence-electron chi connectivity index (χ2n) is 16.7. The van der Waals surface area contributed by atoms with Crippen molar-refractivity contribution >= 4 is 17.9 Å². The molecular weight excluding hydrogens is 733 g/mol. The molecule has 0 aromatic rings. The third-order valence-electron chi connectivity index (χ3n) is 10.8. The largest absolute Gasteiger partial charge is 0.462 e. The quantitative estimate of drug-likeness (QED) is 0.0263. The first-order chi connectivity index (χ1) is 29.0. The van der Waals surface area contributed by atoms with E-state index in [1.165, 1.54) is 128 Å². The Balaban J connectivity index is 4.31. The fraction of sp³-hybridized carbons (Fsp3) is 0.792. The number of ether oxygens (including phenoxy) is 3. The van der Waals surface area contributed by atoms with Crippen molar-refractivity contribution in [1.82, 2.24) is 0 Å². The first kappa shape index (κ1) is 56.4. The van der Waals surface area contributed by atoms with Gasteiger partial charge in [0, 0.05) is 19.3 Å². The molecule has 0 aliphatic carbocycles. The van der Waals surface area contributed by atoms with Gasteiger partial charge >= 0.3 is 17.9 Å². The van der Waals surface area contributed by atoms with Crippen LogP contribution in [0.4, 0.5) is 0 Å². The van der Waals surface area contributed by atoms with Crippen molar-refractivity contribution in [3.8, 4) is 0 Å². The molecule has 0 heterocycles. The van der Waals surface area contributed by atoms with Crippen LogP contribution in [-0.4, -0.2) is 37.2 Å². The number of hydrogen-bond acceptors (Lipinski definition) is 6. The van der Waals surface area contributed by atoms with E-state index in [0.717, 1.165) is 83.5 Å². The Morgan fingerprint density at radius 1 is 0.339 bits per heavy atom. The van der Waals surface area contributed by atoms with Crippen LogP contribution in [0.15, 0.2) is 48.6 Å². The molecular formula is C53H94O6. The molecule has 0 saturated carbocycles. The molecule has 6 nitrogen and oxygen atoms in total. The highest BCUT2D eigenvalue weighted by Gasteiger charge is 2.19. The molecule has 0 aliphatic rings. The third kappa shape index (κ3) is 46.3. The Morgan fingerprint density at radius 2 is 0.627 bits per heavy atom. The number of carbonyl (C=O) groups is 3. The highest BCUT2D eigenvalue weighted by molar-refractivity contribution is 5.71. The van der Waals surface area contributed by atoms with Crippen molar-refractivity contribution in [1.29, 1.82) is 0 Å². The predicted octanol–water partition coefficient (Wildman–Crippen LogP) is 16.3. The van der Waals surface area contributed by atoms with Gasteiger partial charge in [-0.15, -0.1) is 0 Å². The molecule has 0 radical (unpaired) electrons. The van der Waals surface area contributed by atoms with E-state index in [2.05, 4.69) is 69.4 Å². The van der Waals surface area contributed by atoms with Crippen LogP contribution >= 0.6 is 0 Å². The summed E-state index contributed by atoms with van der Waals surface area (Å²) in [5.41, 5.74) is 0. The highest BCUT2D eigenvalue weighted by Crippen LogP contribution is 2.14. The minimum Gasteiger partial charge on any atom is -0.462 e. The lowest BCUT2D eigenvalue weighted by atomic mass is 10.1. The Bertz CT molecular complexity index is 1040. The lowest BCUT2D eigenvalue weighted by Gasteiger charge is -2.18. The van der Waals surface area contributed by atoms with Gasteiger partial charge in [-0.05, 0) is 89.9 Å². The fourth-order valence-corrected chi connectivity index (χ4v) is 6.90. The number of hydrogen-bond donors (Lipinski definition) is 0. The monoisotopic (exact) mass is 827 g/mol.